The van der Waals surface area contributed by atoms with Crippen LogP contribution in [0, 0.1) is 6.92 Å². The van der Waals surface area contributed by atoms with Gasteiger partial charge in [0.15, 0.2) is 0 Å². The van der Waals surface area contributed by atoms with Crippen LogP contribution in [0.4, 0.5) is 0 Å². The molecule has 1 aliphatic rings. The lowest BCUT2D eigenvalue weighted by molar-refractivity contribution is 0.250. The minimum Gasteiger partial charge on any atom is -0.391 e. The van der Waals surface area contributed by atoms with Gasteiger partial charge in [0, 0.05) is 28.9 Å². The van der Waals surface area contributed by atoms with Gasteiger partial charge in [0.05, 0.1) is 11.5 Å². The smallest absolute Gasteiger partial charge is 0.241 e. The number of sulfonamides is 1. The van der Waals surface area contributed by atoms with Crippen LogP contribution in [0.3, 0.4) is 0 Å². The average Bonchev–Trinajstić information content (AvgIpc) is 3.07. The Labute approximate surface area is 131 Å². The molecule has 120 valence electrons. The van der Waals surface area contributed by atoms with Gasteiger partial charge in [0.25, 0.3) is 0 Å². The van der Waals surface area contributed by atoms with Crippen LogP contribution in [-0.4, -0.2) is 44.6 Å². The second-order valence-electron chi connectivity index (χ2n) is 5.61. The van der Waals surface area contributed by atoms with Crippen molar-refractivity contribution >= 4 is 21.4 Å². The van der Waals surface area contributed by atoms with Crippen LogP contribution in [0.25, 0.3) is 0 Å². The van der Waals surface area contributed by atoms with Crippen molar-refractivity contribution in [3.8, 4) is 0 Å². The van der Waals surface area contributed by atoms with E-state index in [1.54, 1.807) is 13.0 Å². The van der Waals surface area contributed by atoms with E-state index in [1.807, 2.05) is 0 Å². The van der Waals surface area contributed by atoms with E-state index in [2.05, 4.69) is 16.7 Å². The maximum absolute atomic E-state index is 12.3. The lowest BCUT2D eigenvalue weighted by atomic mass is 10.2. The van der Waals surface area contributed by atoms with Crippen LogP contribution >= 0.6 is 11.3 Å². The fourth-order valence-corrected chi connectivity index (χ4v) is 5.34. The molecule has 1 aliphatic carbocycles. The van der Waals surface area contributed by atoms with Gasteiger partial charge in [-0.3, -0.25) is 0 Å². The highest BCUT2D eigenvalue weighted by Crippen LogP contribution is 2.25. The third-order valence-corrected chi connectivity index (χ3v) is 6.82. The number of nitrogens with zero attached hydrogens (tertiary/aromatic N) is 1. The first-order valence-corrected chi connectivity index (χ1v) is 9.64. The fraction of sp³-hybridized carbons (Fsp3) is 0.714. The molecule has 1 fully saturated rings. The van der Waals surface area contributed by atoms with Crippen LogP contribution in [0.15, 0.2) is 11.0 Å². The molecule has 0 atom stereocenters. The van der Waals surface area contributed by atoms with Crippen molar-refractivity contribution in [3.05, 3.63) is 15.8 Å². The van der Waals surface area contributed by atoms with Crippen LogP contribution < -0.4 is 4.72 Å². The summed E-state index contributed by atoms with van der Waals surface area (Å²) in [6.07, 6.45) is 4.98. The summed E-state index contributed by atoms with van der Waals surface area (Å²) in [6.45, 7) is 2.79. The van der Waals surface area contributed by atoms with Crippen molar-refractivity contribution in [2.75, 3.05) is 20.1 Å². The van der Waals surface area contributed by atoms with Gasteiger partial charge < -0.3 is 10.0 Å². The first-order chi connectivity index (χ1) is 9.94. The lowest BCUT2D eigenvalue weighted by Gasteiger charge is -2.23. The topological polar surface area (TPSA) is 69.6 Å². The zero-order chi connectivity index (χ0) is 15.5. The van der Waals surface area contributed by atoms with Gasteiger partial charge in [-0.15, -0.1) is 11.3 Å². The molecule has 0 bridgehead atoms. The first-order valence-electron chi connectivity index (χ1n) is 7.34. The number of aliphatic hydroxyl groups excluding tert-OH is 1. The molecule has 21 heavy (non-hydrogen) atoms. The van der Waals surface area contributed by atoms with Gasteiger partial charge in [-0.2, -0.15) is 0 Å². The Balaban J connectivity index is 1.90. The lowest BCUT2D eigenvalue weighted by Crippen LogP contribution is -2.37. The number of aliphatic hydroxyl groups is 1. The van der Waals surface area contributed by atoms with E-state index < -0.39 is 10.0 Å². The van der Waals surface area contributed by atoms with Crippen LogP contribution in [0.2, 0.25) is 0 Å². The van der Waals surface area contributed by atoms with E-state index in [-0.39, 0.29) is 6.61 Å². The van der Waals surface area contributed by atoms with E-state index >= 15 is 0 Å². The maximum Gasteiger partial charge on any atom is 0.241 e. The zero-order valence-corrected chi connectivity index (χ0v) is 14.3. The van der Waals surface area contributed by atoms with Crippen molar-refractivity contribution in [2.24, 2.45) is 0 Å². The second-order valence-corrected chi connectivity index (χ2v) is 8.68. The van der Waals surface area contributed by atoms with E-state index in [0.29, 0.717) is 22.4 Å². The molecule has 1 saturated carbocycles. The van der Waals surface area contributed by atoms with Crippen LogP contribution in [0.1, 0.15) is 35.4 Å². The third-order valence-electron chi connectivity index (χ3n) is 4.07. The molecule has 5 nitrogen and oxygen atoms in total. The Morgan fingerprint density at radius 3 is 2.67 bits per heavy atom. The summed E-state index contributed by atoms with van der Waals surface area (Å²) in [6, 6.07) is 2.15. The number of likely N-dealkylation sites (N-methyl/N-ethyl adjacent to an activating group) is 1. The van der Waals surface area contributed by atoms with E-state index in [0.717, 1.165) is 11.4 Å². The highest BCUT2D eigenvalue weighted by Gasteiger charge is 2.22. The van der Waals surface area contributed by atoms with Crippen LogP contribution in [0.5, 0.6) is 0 Å². The van der Waals surface area contributed by atoms with Crippen molar-refractivity contribution in [1.29, 1.82) is 0 Å². The van der Waals surface area contributed by atoms with Gasteiger partial charge in [-0.05, 0) is 32.9 Å². The molecule has 0 amide bonds. The number of rotatable bonds is 7. The minimum absolute atomic E-state index is 0.120. The molecule has 0 radical (unpaired) electrons. The SMILES string of the molecule is Cc1sc(CO)cc1S(=O)(=O)NCCN(C)C1CCCC1. The van der Waals surface area contributed by atoms with Gasteiger partial charge in [-0.25, -0.2) is 13.1 Å². The molecule has 0 spiro atoms. The number of hydrogen-bond acceptors (Lipinski definition) is 5. The van der Waals surface area contributed by atoms with E-state index in [9.17, 15) is 8.42 Å². The summed E-state index contributed by atoms with van der Waals surface area (Å²) in [4.78, 5) is 3.93. The molecular weight excluding hydrogens is 308 g/mol. The summed E-state index contributed by atoms with van der Waals surface area (Å²) in [5.41, 5.74) is 0. The number of hydrogen-bond donors (Lipinski definition) is 2. The van der Waals surface area contributed by atoms with Gasteiger partial charge in [0.2, 0.25) is 10.0 Å². The van der Waals surface area contributed by atoms with Crippen LogP contribution in [-0.2, 0) is 16.6 Å². The standard InChI is InChI=1S/C14H24N2O3S2/c1-11-14(9-13(10-17)20-11)21(18,19)15-7-8-16(2)12-5-3-4-6-12/h9,12,15,17H,3-8,10H2,1-2H3. The zero-order valence-electron chi connectivity index (χ0n) is 12.6. The number of thiophene rings is 1. The predicted octanol–water partition coefficient (Wildman–Crippen LogP) is 1.70. The molecule has 1 heterocycles. The Morgan fingerprint density at radius 2 is 2.10 bits per heavy atom. The highest BCUT2D eigenvalue weighted by molar-refractivity contribution is 7.89. The van der Waals surface area contributed by atoms with Crippen molar-refractivity contribution in [2.45, 2.75) is 50.2 Å². The molecule has 0 aromatic carbocycles. The largest absolute Gasteiger partial charge is 0.391 e. The Kier molecular flexibility index (Phi) is 5.79. The van der Waals surface area contributed by atoms with Gasteiger partial charge in [0.1, 0.15) is 0 Å². The second kappa shape index (κ2) is 7.19. The highest BCUT2D eigenvalue weighted by atomic mass is 32.2. The molecule has 1 aromatic heterocycles. The molecule has 7 heteroatoms. The normalized spacial score (nSPS) is 17.0. The molecule has 2 N–H and O–H groups in total. The summed E-state index contributed by atoms with van der Waals surface area (Å²) in [5.74, 6) is 0. The van der Waals surface area contributed by atoms with Crippen molar-refractivity contribution < 1.29 is 13.5 Å². The minimum atomic E-state index is -3.48. The van der Waals surface area contributed by atoms with Gasteiger partial charge >= 0.3 is 0 Å². The Bertz CT molecular complexity index is 563. The summed E-state index contributed by atoms with van der Waals surface area (Å²) in [7, 11) is -1.42. The number of nitrogens with one attached hydrogen (secondary N) is 1. The summed E-state index contributed by atoms with van der Waals surface area (Å²) < 4.78 is 27.2. The molecule has 0 saturated heterocycles. The molecule has 0 aliphatic heterocycles. The number of aryl methyl sites for hydroxylation is 1. The molecule has 1 aromatic rings. The monoisotopic (exact) mass is 332 g/mol. The van der Waals surface area contributed by atoms with Crippen molar-refractivity contribution in [3.63, 3.8) is 0 Å². The molecular formula is C14H24N2O3S2. The Morgan fingerprint density at radius 1 is 1.43 bits per heavy atom. The summed E-state index contributed by atoms with van der Waals surface area (Å²) in [5, 5.41) is 9.10. The van der Waals surface area contributed by atoms with E-state index in [4.69, 9.17) is 5.11 Å². The van der Waals surface area contributed by atoms with Gasteiger partial charge in [-0.1, -0.05) is 12.8 Å². The molecule has 0 unspecified atom stereocenters. The Hall–Kier alpha value is -0.470. The predicted molar refractivity (Wildman–Crippen MR) is 85.1 cm³/mol. The first kappa shape index (κ1) is 16.9. The van der Waals surface area contributed by atoms with E-state index in [1.165, 1.54) is 37.0 Å². The quantitative estimate of drug-likeness (QED) is 0.797. The average molecular weight is 332 g/mol. The fourth-order valence-electron chi connectivity index (χ4n) is 2.83. The maximum atomic E-state index is 12.3. The molecule has 2 rings (SSSR count). The third kappa shape index (κ3) is 4.26. The summed E-state index contributed by atoms with van der Waals surface area (Å²) >= 11 is 1.32. The van der Waals surface area contributed by atoms with Crippen molar-refractivity contribution in [1.82, 2.24) is 9.62 Å².